The number of furan rings is 1. The smallest absolute Gasteiger partial charge is 0.371 e. The Labute approximate surface area is 82.3 Å². The number of aryl methyl sites for hydroxylation is 1. The zero-order valence-corrected chi connectivity index (χ0v) is 8.50. The molecule has 0 radical (unpaired) electrons. The fraction of sp³-hybridized carbons (Fsp3) is 0.444. The van der Waals surface area contributed by atoms with Gasteiger partial charge in [-0.2, -0.15) is 0 Å². The molecule has 0 amide bonds. The van der Waals surface area contributed by atoms with Crippen molar-refractivity contribution < 1.29 is 14.3 Å². The van der Waals surface area contributed by atoms with Crippen LogP contribution in [0.25, 0.3) is 0 Å². The maximum atomic E-state index is 10.6. The van der Waals surface area contributed by atoms with Crippen LogP contribution in [-0.4, -0.2) is 30.2 Å². The van der Waals surface area contributed by atoms with Crippen molar-refractivity contribution >= 4 is 5.97 Å². The van der Waals surface area contributed by atoms with Gasteiger partial charge in [-0.15, -0.1) is 0 Å². The highest BCUT2D eigenvalue weighted by Crippen LogP contribution is 2.14. The van der Waals surface area contributed by atoms with E-state index in [0.717, 1.165) is 5.56 Å². The molecule has 78 valence electrons. The first-order chi connectivity index (χ1) is 6.50. The molecule has 0 unspecified atom stereocenters. The monoisotopic (exact) mass is 198 g/mol. The molecule has 0 saturated heterocycles. The molecule has 0 aromatic carbocycles. The fourth-order valence-electron chi connectivity index (χ4n) is 1.04. The number of nitrogens with one attached hydrogen (secondary N) is 1. The molecule has 0 spiro atoms. The molecule has 0 atom stereocenters. The second kappa shape index (κ2) is 4.26. The predicted octanol–water partition coefficient (Wildman–Crippen LogP) is 0.852. The van der Waals surface area contributed by atoms with Gasteiger partial charge in [0, 0.05) is 26.2 Å². The molecule has 14 heavy (non-hydrogen) atoms. The molecule has 5 heteroatoms. The first-order valence-corrected chi connectivity index (χ1v) is 4.24. The summed E-state index contributed by atoms with van der Waals surface area (Å²) in [4.78, 5) is 10.6. The predicted molar refractivity (Wildman–Crippen MR) is 50.9 cm³/mol. The van der Waals surface area contributed by atoms with E-state index in [2.05, 4.69) is 5.43 Å². The number of rotatable bonds is 4. The molecular weight excluding hydrogens is 184 g/mol. The van der Waals surface area contributed by atoms with Gasteiger partial charge in [-0.05, 0) is 13.0 Å². The van der Waals surface area contributed by atoms with Crippen LogP contribution in [0.1, 0.15) is 21.9 Å². The summed E-state index contributed by atoms with van der Waals surface area (Å²) in [5.41, 5.74) is 3.89. The Hall–Kier alpha value is -1.33. The maximum absolute atomic E-state index is 10.6. The molecule has 0 bridgehead atoms. The van der Waals surface area contributed by atoms with Gasteiger partial charge in [-0.1, -0.05) is 0 Å². The third-order valence-corrected chi connectivity index (χ3v) is 1.82. The molecule has 1 aromatic rings. The number of hydrogen-bond donors (Lipinski definition) is 2. The molecule has 1 aromatic heterocycles. The van der Waals surface area contributed by atoms with Crippen molar-refractivity contribution in [3.8, 4) is 0 Å². The van der Waals surface area contributed by atoms with Gasteiger partial charge in [0.2, 0.25) is 5.76 Å². The molecule has 2 N–H and O–H groups in total. The number of carboxylic acids is 1. The van der Waals surface area contributed by atoms with Gasteiger partial charge in [0.15, 0.2) is 0 Å². The van der Waals surface area contributed by atoms with Crippen LogP contribution >= 0.6 is 0 Å². The highest BCUT2D eigenvalue weighted by Gasteiger charge is 2.12. The van der Waals surface area contributed by atoms with Crippen LogP contribution < -0.4 is 5.43 Å². The number of hydrogen-bond acceptors (Lipinski definition) is 4. The molecule has 1 heterocycles. The molecule has 0 aliphatic rings. The van der Waals surface area contributed by atoms with E-state index in [1.807, 2.05) is 14.1 Å². The van der Waals surface area contributed by atoms with E-state index < -0.39 is 5.97 Å². The van der Waals surface area contributed by atoms with Crippen molar-refractivity contribution in [2.45, 2.75) is 13.5 Å². The molecule has 1 rings (SSSR count). The van der Waals surface area contributed by atoms with Gasteiger partial charge >= 0.3 is 5.97 Å². The Morgan fingerprint density at radius 2 is 2.29 bits per heavy atom. The van der Waals surface area contributed by atoms with Crippen LogP contribution in [0.3, 0.4) is 0 Å². The van der Waals surface area contributed by atoms with Crippen LogP contribution in [0, 0.1) is 6.92 Å². The largest absolute Gasteiger partial charge is 0.475 e. The second-order valence-corrected chi connectivity index (χ2v) is 3.23. The van der Waals surface area contributed by atoms with Gasteiger partial charge in [0.05, 0.1) is 0 Å². The van der Waals surface area contributed by atoms with E-state index in [1.165, 1.54) is 6.07 Å². The molecular formula is C9H14N2O3. The van der Waals surface area contributed by atoms with Crippen LogP contribution in [0.2, 0.25) is 0 Å². The van der Waals surface area contributed by atoms with E-state index in [4.69, 9.17) is 9.52 Å². The topological polar surface area (TPSA) is 65.7 Å². The van der Waals surface area contributed by atoms with Gasteiger partial charge in [-0.25, -0.2) is 4.79 Å². The van der Waals surface area contributed by atoms with Crippen molar-refractivity contribution in [2.24, 2.45) is 0 Å². The van der Waals surface area contributed by atoms with Gasteiger partial charge < -0.3 is 9.52 Å². The summed E-state index contributed by atoms with van der Waals surface area (Å²) in [5, 5.41) is 10.5. The van der Waals surface area contributed by atoms with Gasteiger partial charge in [-0.3, -0.25) is 10.4 Å². The third kappa shape index (κ3) is 2.58. The maximum Gasteiger partial charge on any atom is 0.371 e. The van der Waals surface area contributed by atoms with Crippen LogP contribution in [-0.2, 0) is 6.54 Å². The minimum atomic E-state index is -1.04. The summed E-state index contributed by atoms with van der Waals surface area (Å²) in [7, 11) is 3.74. The average Bonchev–Trinajstić information content (AvgIpc) is 2.43. The van der Waals surface area contributed by atoms with Crippen molar-refractivity contribution in [3.63, 3.8) is 0 Å². The quantitative estimate of drug-likeness (QED) is 0.702. The summed E-state index contributed by atoms with van der Waals surface area (Å²) in [6.07, 6.45) is 0. The zero-order chi connectivity index (χ0) is 10.7. The molecule has 5 nitrogen and oxygen atoms in total. The van der Waals surface area contributed by atoms with Crippen molar-refractivity contribution in [1.29, 1.82) is 0 Å². The number of nitrogens with zero attached hydrogens (tertiary/aromatic N) is 1. The van der Waals surface area contributed by atoms with Crippen molar-refractivity contribution in [3.05, 3.63) is 23.2 Å². The summed E-state index contributed by atoms with van der Waals surface area (Å²) in [5.74, 6) is -0.418. The highest BCUT2D eigenvalue weighted by atomic mass is 16.4. The lowest BCUT2D eigenvalue weighted by atomic mass is 10.2. The van der Waals surface area contributed by atoms with Gasteiger partial charge in [0.25, 0.3) is 0 Å². The standard InChI is InChI=1S/C9H14N2O3/c1-6-7(5-10-11(2)3)4-8(14-6)9(12)13/h4,10H,5H2,1-3H3,(H,12,13). The van der Waals surface area contributed by atoms with Crippen LogP contribution in [0.5, 0.6) is 0 Å². The first kappa shape index (κ1) is 10.7. The van der Waals surface area contributed by atoms with E-state index in [-0.39, 0.29) is 5.76 Å². The lowest BCUT2D eigenvalue weighted by Crippen LogP contribution is -2.29. The lowest BCUT2D eigenvalue weighted by molar-refractivity contribution is 0.0661. The second-order valence-electron chi connectivity index (χ2n) is 3.23. The summed E-state index contributed by atoms with van der Waals surface area (Å²) in [6, 6.07) is 1.54. The first-order valence-electron chi connectivity index (χ1n) is 4.24. The Morgan fingerprint density at radius 1 is 1.64 bits per heavy atom. The Kier molecular flexibility index (Phi) is 3.27. The summed E-state index contributed by atoms with van der Waals surface area (Å²) in [6.45, 7) is 2.31. The Balaban J connectivity index is 2.72. The average molecular weight is 198 g/mol. The minimum absolute atomic E-state index is 0.0157. The molecule has 0 aliphatic heterocycles. The Morgan fingerprint density at radius 3 is 2.71 bits per heavy atom. The van der Waals surface area contributed by atoms with E-state index >= 15 is 0 Å². The summed E-state index contributed by atoms with van der Waals surface area (Å²) < 4.78 is 5.05. The SMILES string of the molecule is Cc1oc(C(=O)O)cc1CNN(C)C. The van der Waals surface area contributed by atoms with Crippen molar-refractivity contribution in [1.82, 2.24) is 10.4 Å². The molecule has 0 saturated carbocycles. The fourth-order valence-corrected chi connectivity index (χ4v) is 1.04. The van der Waals surface area contributed by atoms with E-state index in [0.29, 0.717) is 12.3 Å². The third-order valence-electron chi connectivity index (χ3n) is 1.82. The minimum Gasteiger partial charge on any atom is -0.475 e. The number of aromatic carboxylic acids is 1. The number of carbonyl (C=O) groups is 1. The van der Waals surface area contributed by atoms with Crippen LogP contribution in [0.4, 0.5) is 0 Å². The van der Waals surface area contributed by atoms with Gasteiger partial charge in [0.1, 0.15) is 5.76 Å². The highest BCUT2D eigenvalue weighted by molar-refractivity contribution is 5.84. The van der Waals surface area contributed by atoms with Crippen LogP contribution in [0.15, 0.2) is 10.5 Å². The number of carboxylic acid groups (broad SMARTS) is 1. The molecule has 0 aliphatic carbocycles. The van der Waals surface area contributed by atoms with E-state index in [1.54, 1.807) is 11.9 Å². The normalized spacial score (nSPS) is 10.9. The molecule has 0 fully saturated rings. The summed E-state index contributed by atoms with van der Waals surface area (Å²) >= 11 is 0. The zero-order valence-electron chi connectivity index (χ0n) is 8.50. The number of hydrazine groups is 1. The Bertz CT molecular complexity index is 331. The van der Waals surface area contributed by atoms with Crippen molar-refractivity contribution in [2.75, 3.05) is 14.1 Å². The van der Waals surface area contributed by atoms with E-state index in [9.17, 15) is 4.79 Å². The lowest BCUT2D eigenvalue weighted by Gasteiger charge is -2.10.